The number of aliphatic carboxylic acids is 1. The van der Waals surface area contributed by atoms with Crippen LogP contribution in [0.4, 0.5) is 5.69 Å². The molecule has 0 saturated heterocycles. The molecule has 2 rings (SSSR count). The van der Waals surface area contributed by atoms with E-state index in [0.717, 1.165) is 11.1 Å². The molecule has 130 valence electrons. The van der Waals surface area contributed by atoms with Gasteiger partial charge in [0, 0.05) is 30.6 Å². The summed E-state index contributed by atoms with van der Waals surface area (Å²) >= 11 is 0. The molecule has 24 heavy (non-hydrogen) atoms. The molecule has 1 atom stereocenters. The van der Waals surface area contributed by atoms with Crippen LogP contribution in [0.25, 0.3) is 10.8 Å². The molecule has 0 unspecified atom stereocenters. The van der Waals surface area contributed by atoms with Crippen molar-refractivity contribution < 1.29 is 18.3 Å². The van der Waals surface area contributed by atoms with Crippen molar-refractivity contribution in [3.8, 4) is 0 Å². The molecule has 0 radical (unpaired) electrons. The second-order valence-corrected chi connectivity index (χ2v) is 7.89. The summed E-state index contributed by atoms with van der Waals surface area (Å²) in [5.74, 6) is -1.56. The van der Waals surface area contributed by atoms with Crippen molar-refractivity contribution in [3.05, 3.63) is 36.4 Å². The molecule has 0 aromatic heterocycles. The minimum absolute atomic E-state index is 0.0793. The number of sulfonamides is 1. The third-order valence-corrected chi connectivity index (χ3v) is 5.34. The van der Waals surface area contributed by atoms with Crippen LogP contribution in [0, 0.1) is 5.92 Å². The molecule has 0 fully saturated rings. The molecule has 6 nitrogen and oxygen atoms in total. The predicted molar refractivity (Wildman–Crippen MR) is 94.9 cm³/mol. The molecular formula is C17H22N2O4S. The lowest BCUT2D eigenvalue weighted by molar-refractivity contribution is -0.140. The molecule has 0 aliphatic rings. The minimum Gasteiger partial charge on any atom is -0.480 e. The van der Waals surface area contributed by atoms with E-state index in [1.54, 1.807) is 32.0 Å². The highest BCUT2D eigenvalue weighted by Crippen LogP contribution is 2.30. The summed E-state index contributed by atoms with van der Waals surface area (Å²) in [6.45, 7) is 3.32. The molecule has 0 amide bonds. The van der Waals surface area contributed by atoms with Crippen molar-refractivity contribution in [3.63, 3.8) is 0 Å². The number of carboxylic acid groups (broad SMARTS) is 1. The second kappa shape index (κ2) is 6.78. The summed E-state index contributed by atoms with van der Waals surface area (Å²) in [5.41, 5.74) is 0.892. The van der Waals surface area contributed by atoms with Gasteiger partial charge in [-0.05, 0) is 18.1 Å². The fraction of sp³-hybridized carbons (Fsp3) is 0.353. The van der Waals surface area contributed by atoms with Crippen LogP contribution in [-0.4, -0.2) is 39.6 Å². The van der Waals surface area contributed by atoms with E-state index in [9.17, 15) is 18.3 Å². The summed E-state index contributed by atoms with van der Waals surface area (Å²) in [6.07, 6.45) is 0. The molecule has 0 heterocycles. The molecule has 0 aliphatic carbocycles. The van der Waals surface area contributed by atoms with E-state index in [2.05, 4.69) is 4.72 Å². The first-order valence-electron chi connectivity index (χ1n) is 7.59. The quantitative estimate of drug-likeness (QED) is 0.835. The normalized spacial score (nSPS) is 13.2. The SMILES string of the molecule is CC(C)[C@H](NS(=O)(=O)c1cccc2c(N(C)C)cccc12)C(=O)O. The Morgan fingerprint density at radius 2 is 1.67 bits per heavy atom. The smallest absolute Gasteiger partial charge is 0.322 e. The van der Waals surface area contributed by atoms with Gasteiger partial charge in [0.15, 0.2) is 0 Å². The van der Waals surface area contributed by atoms with Gasteiger partial charge in [-0.3, -0.25) is 4.79 Å². The standard InChI is InChI=1S/C17H22N2O4S/c1-11(2)16(17(20)21)18-24(22,23)15-10-6-7-12-13(15)8-5-9-14(12)19(3)4/h5-11,16,18H,1-4H3,(H,20,21)/t16-/m0/s1. The molecule has 7 heteroatoms. The third kappa shape index (κ3) is 3.52. The molecule has 0 saturated carbocycles. The van der Waals surface area contributed by atoms with Crippen LogP contribution in [0.3, 0.4) is 0 Å². The van der Waals surface area contributed by atoms with Gasteiger partial charge >= 0.3 is 5.97 Å². The topological polar surface area (TPSA) is 86.7 Å². The van der Waals surface area contributed by atoms with E-state index in [0.29, 0.717) is 5.39 Å². The average Bonchev–Trinajstić information content (AvgIpc) is 2.50. The molecular weight excluding hydrogens is 328 g/mol. The van der Waals surface area contributed by atoms with Crippen molar-refractivity contribution in [2.45, 2.75) is 24.8 Å². The van der Waals surface area contributed by atoms with Gasteiger partial charge in [0.25, 0.3) is 0 Å². The van der Waals surface area contributed by atoms with Crippen molar-refractivity contribution >= 4 is 32.5 Å². The predicted octanol–water partition coefficient (Wildman–Crippen LogP) is 2.29. The number of carbonyl (C=O) groups is 1. The maximum Gasteiger partial charge on any atom is 0.322 e. The van der Waals surface area contributed by atoms with Crippen molar-refractivity contribution in [1.82, 2.24) is 4.72 Å². The largest absolute Gasteiger partial charge is 0.480 e. The highest BCUT2D eigenvalue weighted by molar-refractivity contribution is 7.89. The van der Waals surface area contributed by atoms with E-state index in [1.165, 1.54) is 6.07 Å². The number of anilines is 1. The van der Waals surface area contributed by atoms with E-state index in [-0.39, 0.29) is 10.8 Å². The van der Waals surface area contributed by atoms with Crippen LogP contribution in [-0.2, 0) is 14.8 Å². The maximum absolute atomic E-state index is 12.8. The van der Waals surface area contributed by atoms with Gasteiger partial charge in [-0.1, -0.05) is 38.1 Å². The first kappa shape index (κ1) is 18.2. The zero-order valence-corrected chi connectivity index (χ0v) is 15.0. The maximum atomic E-state index is 12.8. The number of hydrogen-bond donors (Lipinski definition) is 2. The lowest BCUT2D eigenvalue weighted by Gasteiger charge is -2.20. The fourth-order valence-corrected chi connectivity index (χ4v) is 4.15. The lowest BCUT2D eigenvalue weighted by Crippen LogP contribution is -2.44. The zero-order valence-electron chi connectivity index (χ0n) is 14.1. The Bertz CT molecular complexity index is 860. The molecule has 2 aromatic carbocycles. The van der Waals surface area contributed by atoms with Gasteiger partial charge in [-0.2, -0.15) is 4.72 Å². The highest BCUT2D eigenvalue weighted by atomic mass is 32.2. The number of hydrogen-bond acceptors (Lipinski definition) is 4. The number of benzene rings is 2. The molecule has 0 aliphatic heterocycles. The van der Waals surface area contributed by atoms with Gasteiger partial charge < -0.3 is 10.0 Å². The van der Waals surface area contributed by atoms with E-state index in [1.807, 2.05) is 31.1 Å². The Morgan fingerprint density at radius 1 is 1.08 bits per heavy atom. The summed E-state index contributed by atoms with van der Waals surface area (Å²) in [4.78, 5) is 13.3. The number of nitrogens with one attached hydrogen (secondary N) is 1. The van der Waals surface area contributed by atoms with E-state index in [4.69, 9.17) is 0 Å². The highest BCUT2D eigenvalue weighted by Gasteiger charge is 2.29. The number of rotatable bonds is 6. The van der Waals surface area contributed by atoms with Crippen molar-refractivity contribution in [2.75, 3.05) is 19.0 Å². The molecule has 0 spiro atoms. The first-order chi connectivity index (χ1) is 11.1. The Balaban J connectivity index is 2.59. The average molecular weight is 350 g/mol. The van der Waals surface area contributed by atoms with Gasteiger partial charge in [-0.25, -0.2) is 8.42 Å². The van der Waals surface area contributed by atoms with Gasteiger partial charge in [-0.15, -0.1) is 0 Å². The molecule has 2 N–H and O–H groups in total. The summed E-state index contributed by atoms with van der Waals surface area (Å²) < 4.78 is 27.8. The Kier molecular flexibility index (Phi) is 5.15. The summed E-state index contributed by atoms with van der Waals surface area (Å²) in [5, 5.41) is 10.6. The van der Waals surface area contributed by atoms with Crippen molar-refractivity contribution in [1.29, 1.82) is 0 Å². The number of carboxylic acids is 1. The van der Waals surface area contributed by atoms with Crippen molar-refractivity contribution in [2.24, 2.45) is 5.92 Å². The van der Waals surface area contributed by atoms with Crippen LogP contribution in [0.5, 0.6) is 0 Å². The first-order valence-corrected chi connectivity index (χ1v) is 9.07. The van der Waals surface area contributed by atoms with Crippen LogP contribution in [0.2, 0.25) is 0 Å². The third-order valence-electron chi connectivity index (χ3n) is 3.85. The minimum atomic E-state index is -3.97. The Labute approximate surface area is 142 Å². The summed E-state index contributed by atoms with van der Waals surface area (Å²) in [7, 11) is -0.203. The van der Waals surface area contributed by atoms with Crippen LogP contribution in [0.1, 0.15) is 13.8 Å². The fourth-order valence-electron chi connectivity index (χ4n) is 2.59. The van der Waals surface area contributed by atoms with Gasteiger partial charge in [0.2, 0.25) is 10.0 Å². The zero-order chi connectivity index (χ0) is 18.1. The Morgan fingerprint density at radius 3 is 2.21 bits per heavy atom. The number of nitrogens with zero attached hydrogens (tertiary/aromatic N) is 1. The molecule has 2 aromatic rings. The lowest BCUT2D eigenvalue weighted by atomic mass is 10.1. The van der Waals surface area contributed by atoms with Crippen LogP contribution in [0.15, 0.2) is 41.3 Å². The molecule has 0 bridgehead atoms. The summed E-state index contributed by atoms with van der Waals surface area (Å²) in [6, 6.07) is 9.23. The van der Waals surface area contributed by atoms with Gasteiger partial charge in [0.1, 0.15) is 6.04 Å². The van der Waals surface area contributed by atoms with Gasteiger partial charge in [0.05, 0.1) is 4.90 Å². The van der Waals surface area contributed by atoms with Crippen LogP contribution >= 0.6 is 0 Å². The Hall–Kier alpha value is -2.12. The van der Waals surface area contributed by atoms with Crippen LogP contribution < -0.4 is 9.62 Å². The van der Waals surface area contributed by atoms with E-state index >= 15 is 0 Å². The number of fused-ring (bicyclic) bond motifs is 1. The second-order valence-electron chi connectivity index (χ2n) is 6.20. The monoisotopic (exact) mass is 350 g/mol. The van der Waals surface area contributed by atoms with E-state index < -0.39 is 22.0 Å².